The lowest BCUT2D eigenvalue weighted by Crippen LogP contribution is -2.38. The number of rotatable bonds is 9. The van der Waals surface area contributed by atoms with Crippen molar-refractivity contribution in [3.8, 4) is 5.75 Å². The predicted molar refractivity (Wildman–Crippen MR) is 104 cm³/mol. The van der Waals surface area contributed by atoms with Crippen molar-refractivity contribution in [1.82, 2.24) is 20.4 Å². The Bertz CT molecular complexity index is 679. The van der Waals surface area contributed by atoms with E-state index in [0.717, 1.165) is 56.2 Å². The number of aromatic nitrogens is 2. The largest absolute Gasteiger partial charge is 0.490 e. The number of benzene rings is 1. The molecule has 0 saturated heterocycles. The average Bonchev–Trinajstić information content (AvgIpc) is 3.14. The van der Waals surface area contributed by atoms with E-state index in [1.807, 2.05) is 41.3 Å². The van der Waals surface area contributed by atoms with Crippen molar-refractivity contribution in [2.75, 3.05) is 13.1 Å². The third kappa shape index (κ3) is 5.51. The molecule has 0 bridgehead atoms. The van der Waals surface area contributed by atoms with Crippen molar-refractivity contribution in [3.63, 3.8) is 0 Å². The van der Waals surface area contributed by atoms with E-state index in [0.29, 0.717) is 12.6 Å². The summed E-state index contributed by atoms with van der Waals surface area (Å²) in [6.45, 7) is 5.28. The monoisotopic (exact) mass is 355 g/mol. The maximum absolute atomic E-state index is 6.09. The number of ether oxygens (including phenoxy) is 1. The van der Waals surface area contributed by atoms with Gasteiger partial charge in [0, 0.05) is 37.6 Å². The second kappa shape index (κ2) is 9.85. The Balaban J connectivity index is 1.51. The third-order valence-electron chi connectivity index (χ3n) is 4.49. The van der Waals surface area contributed by atoms with Crippen LogP contribution in [-0.2, 0) is 13.1 Å². The number of guanidine groups is 1. The number of nitrogens with zero attached hydrogens (tertiary/aromatic N) is 3. The standard InChI is InChI=1S/C20H29N5O/c1-2-21-20(22-12-6-14-25-15-7-13-24-25)23-16-17-8-3-4-11-19(17)26-18-9-5-10-18/h3-4,7-8,11,13,15,18H,2,5-6,9-10,12,14,16H2,1H3,(H2,21,22,23). The van der Waals surface area contributed by atoms with Gasteiger partial charge in [0.05, 0.1) is 12.6 Å². The Kier molecular flexibility index (Phi) is 6.93. The minimum atomic E-state index is 0.383. The molecule has 140 valence electrons. The van der Waals surface area contributed by atoms with Gasteiger partial charge in [-0.15, -0.1) is 0 Å². The molecule has 0 radical (unpaired) electrons. The highest BCUT2D eigenvalue weighted by atomic mass is 16.5. The lowest BCUT2D eigenvalue weighted by atomic mass is 9.96. The molecular formula is C20H29N5O. The van der Waals surface area contributed by atoms with Crippen molar-refractivity contribution in [2.24, 2.45) is 4.99 Å². The summed E-state index contributed by atoms with van der Waals surface area (Å²) in [5.41, 5.74) is 1.13. The first-order chi connectivity index (χ1) is 12.8. The first-order valence-corrected chi connectivity index (χ1v) is 9.59. The molecule has 0 spiro atoms. The Labute approximate surface area is 155 Å². The number of aliphatic imine (C=N–C) groups is 1. The topological polar surface area (TPSA) is 63.5 Å². The number of hydrogen-bond donors (Lipinski definition) is 2. The molecule has 6 heteroatoms. The summed E-state index contributed by atoms with van der Waals surface area (Å²) in [5, 5.41) is 10.9. The van der Waals surface area contributed by atoms with Gasteiger partial charge in [0.2, 0.25) is 0 Å². The van der Waals surface area contributed by atoms with Gasteiger partial charge >= 0.3 is 0 Å². The van der Waals surface area contributed by atoms with Crippen LogP contribution in [-0.4, -0.2) is 34.9 Å². The summed E-state index contributed by atoms with van der Waals surface area (Å²) in [6, 6.07) is 10.2. The Morgan fingerprint density at radius 3 is 2.88 bits per heavy atom. The fraction of sp³-hybridized carbons (Fsp3) is 0.500. The normalized spacial score (nSPS) is 14.7. The van der Waals surface area contributed by atoms with Crippen molar-refractivity contribution in [3.05, 3.63) is 48.3 Å². The van der Waals surface area contributed by atoms with Gasteiger partial charge in [-0.1, -0.05) is 18.2 Å². The number of nitrogens with one attached hydrogen (secondary N) is 2. The molecule has 2 aromatic rings. The van der Waals surface area contributed by atoms with Crippen LogP contribution in [0.2, 0.25) is 0 Å². The third-order valence-corrected chi connectivity index (χ3v) is 4.49. The Hall–Kier alpha value is -2.50. The van der Waals surface area contributed by atoms with Crippen LogP contribution in [0.4, 0.5) is 0 Å². The molecule has 1 fully saturated rings. The van der Waals surface area contributed by atoms with E-state index in [4.69, 9.17) is 9.73 Å². The molecule has 6 nitrogen and oxygen atoms in total. The van der Waals surface area contributed by atoms with E-state index in [2.05, 4.69) is 28.7 Å². The highest BCUT2D eigenvalue weighted by molar-refractivity contribution is 5.79. The summed E-state index contributed by atoms with van der Waals surface area (Å²) in [4.78, 5) is 4.72. The highest BCUT2D eigenvalue weighted by Gasteiger charge is 2.20. The molecule has 0 unspecified atom stereocenters. The van der Waals surface area contributed by atoms with Crippen molar-refractivity contribution < 1.29 is 4.74 Å². The molecule has 0 aliphatic heterocycles. The molecule has 3 rings (SSSR count). The summed E-state index contributed by atoms with van der Waals surface area (Å²) < 4.78 is 8.04. The zero-order valence-corrected chi connectivity index (χ0v) is 15.5. The van der Waals surface area contributed by atoms with Crippen LogP contribution >= 0.6 is 0 Å². The van der Waals surface area contributed by atoms with Crippen molar-refractivity contribution in [2.45, 2.75) is 51.8 Å². The molecule has 1 aromatic carbocycles. The molecule has 1 aliphatic rings. The minimum absolute atomic E-state index is 0.383. The van der Waals surface area contributed by atoms with E-state index in [9.17, 15) is 0 Å². The molecule has 1 heterocycles. The molecule has 1 aromatic heterocycles. The van der Waals surface area contributed by atoms with Gasteiger partial charge in [-0.05, 0) is 44.7 Å². The van der Waals surface area contributed by atoms with Crippen LogP contribution in [0.5, 0.6) is 5.75 Å². The maximum atomic E-state index is 6.09. The lowest BCUT2D eigenvalue weighted by Gasteiger charge is -2.27. The second-order valence-corrected chi connectivity index (χ2v) is 6.52. The van der Waals surface area contributed by atoms with E-state index in [1.54, 1.807) is 0 Å². The van der Waals surface area contributed by atoms with E-state index in [1.165, 1.54) is 6.42 Å². The molecule has 0 amide bonds. The fourth-order valence-electron chi connectivity index (χ4n) is 2.80. The average molecular weight is 355 g/mol. The molecule has 1 saturated carbocycles. The van der Waals surface area contributed by atoms with Gasteiger partial charge in [-0.2, -0.15) is 5.10 Å². The van der Waals surface area contributed by atoms with Gasteiger partial charge in [-0.3, -0.25) is 4.68 Å². The van der Waals surface area contributed by atoms with Gasteiger partial charge in [-0.25, -0.2) is 4.99 Å². The van der Waals surface area contributed by atoms with E-state index in [-0.39, 0.29) is 0 Å². The van der Waals surface area contributed by atoms with E-state index < -0.39 is 0 Å². The number of para-hydroxylation sites is 1. The van der Waals surface area contributed by atoms with Crippen LogP contribution in [0, 0.1) is 0 Å². The fourth-order valence-corrected chi connectivity index (χ4v) is 2.80. The first kappa shape index (κ1) is 18.3. The van der Waals surface area contributed by atoms with Gasteiger partial charge < -0.3 is 15.4 Å². The Morgan fingerprint density at radius 2 is 2.15 bits per heavy atom. The first-order valence-electron chi connectivity index (χ1n) is 9.59. The van der Waals surface area contributed by atoms with Crippen LogP contribution in [0.25, 0.3) is 0 Å². The smallest absolute Gasteiger partial charge is 0.191 e. The second-order valence-electron chi connectivity index (χ2n) is 6.52. The van der Waals surface area contributed by atoms with Crippen LogP contribution in [0.1, 0.15) is 38.2 Å². The van der Waals surface area contributed by atoms with Gasteiger partial charge in [0.1, 0.15) is 5.75 Å². The summed E-state index contributed by atoms with van der Waals surface area (Å²) in [6.07, 6.45) is 8.77. The summed E-state index contributed by atoms with van der Waals surface area (Å²) in [5.74, 6) is 1.81. The van der Waals surface area contributed by atoms with Crippen molar-refractivity contribution in [1.29, 1.82) is 0 Å². The minimum Gasteiger partial charge on any atom is -0.490 e. The van der Waals surface area contributed by atoms with E-state index >= 15 is 0 Å². The number of hydrogen-bond acceptors (Lipinski definition) is 3. The van der Waals surface area contributed by atoms with Crippen LogP contribution < -0.4 is 15.4 Å². The molecule has 0 atom stereocenters. The Morgan fingerprint density at radius 1 is 1.27 bits per heavy atom. The molecular weight excluding hydrogens is 326 g/mol. The van der Waals surface area contributed by atoms with Crippen LogP contribution in [0.15, 0.2) is 47.7 Å². The van der Waals surface area contributed by atoms with Crippen LogP contribution in [0.3, 0.4) is 0 Å². The van der Waals surface area contributed by atoms with Gasteiger partial charge in [0.15, 0.2) is 5.96 Å². The summed E-state index contributed by atoms with van der Waals surface area (Å²) in [7, 11) is 0. The lowest BCUT2D eigenvalue weighted by molar-refractivity contribution is 0.119. The quantitative estimate of drug-likeness (QED) is 0.412. The molecule has 26 heavy (non-hydrogen) atoms. The maximum Gasteiger partial charge on any atom is 0.191 e. The SMILES string of the molecule is CCNC(=NCc1ccccc1OC1CCC1)NCCCn1cccn1. The summed E-state index contributed by atoms with van der Waals surface area (Å²) >= 11 is 0. The van der Waals surface area contributed by atoms with Crippen molar-refractivity contribution >= 4 is 5.96 Å². The van der Waals surface area contributed by atoms with Gasteiger partial charge in [0.25, 0.3) is 0 Å². The predicted octanol–water partition coefficient (Wildman–Crippen LogP) is 2.96. The molecule has 2 N–H and O–H groups in total. The number of aryl methyl sites for hydroxylation is 1. The molecule has 1 aliphatic carbocycles. The highest BCUT2D eigenvalue weighted by Crippen LogP contribution is 2.27. The zero-order valence-electron chi connectivity index (χ0n) is 15.5. The zero-order chi connectivity index (χ0) is 18.0.